The molecule has 2 aromatic carbocycles. The summed E-state index contributed by atoms with van der Waals surface area (Å²) in [5, 5.41) is 17.8. The molecule has 0 spiro atoms. The summed E-state index contributed by atoms with van der Waals surface area (Å²) in [5.41, 5.74) is -0.594. The number of nitrogens with zero attached hydrogens (tertiary/aromatic N) is 3. The van der Waals surface area contributed by atoms with Crippen LogP contribution >= 0.6 is 11.6 Å². The number of oxazole rings is 1. The first-order chi connectivity index (χ1) is 19.0. The van der Waals surface area contributed by atoms with Gasteiger partial charge in [-0.15, -0.1) is 0 Å². The van der Waals surface area contributed by atoms with Crippen molar-refractivity contribution in [3.05, 3.63) is 93.8 Å². The molecule has 3 heterocycles. The van der Waals surface area contributed by atoms with E-state index in [1.165, 1.54) is 30.5 Å². The van der Waals surface area contributed by atoms with Gasteiger partial charge in [-0.25, -0.2) is 14.8 Å². The number of carboxylic acids is 1. The average molecular weight is 571 g/mol. The van der Waals surface area contributed by atoms with Gasteiger partial charge in [0, 0.05) is 22.5 Å². The van der Waals surface area contributed by atoms with Gasteiger partial charge in [0.15, 0.2) is 5.58 Å². The van der Waals surface area contributed by atoms with Crippen LogP contribution in [0.25, 0.3) is 11.1 Å². The lowest BCUT2D eigenvalue weighted by atomic mass is 9.95. The van der Waals surface area contributed by atoms with E-state index >= 15 is 0 Å². The summed E-state index contributed by atoms with van der Waals surface area (Å²) < 4.78 is 45.6. The molecule has 40 heavy (non-hydrogen) atoms. The van der Waals surface area contributed by atoms with Crippen LogP contribution in [-0.4, -0.2) is 32.9 Å². The largest absolute Gasteiger partial charge is 0.478 e. The van der Waals surface area contributed by atoms with Crippen LogP contribution in [0.5, 0.6) is 0 Å². The van der Waals surface area contributed by atoms with E-state index in [0.29, 0.717) is 16.3 Å². The van der Waals surface area contributed by atoms with Crippen LogP contribution in [0.3, 0.4) is 0 Å². The van der Waals surface area contributed by atoms with E-state index < -0.39 is 35.2 Å². The molecule has 0 fully saturated rings. The zero-order valence-electron chi connectivity index (χ0n) is 20.4. The fourth-order valence-electron chi connectivity index (χ4n) is 4.10. The number of carbonyl (C=O) groups is 2. The normalized spacial score (nSPS) is 15.4. The van der Waals surface area contributed by atoms with E-state index in [0.717, 1.165) is 6.07 Å². The number of halogens is 4. The third kappa shape index (κ3) is 5.31. The van der Waals surface area contributed by atoms with Gasteiger partial charge in [-0.3, -0.25) is 10.1 Å². The van der Waals surface area contributed by atoms with Crippen LogP contribution in [0.15, 0.2) is 81.5 Å². The predicted molar refractivity (Wildman–Crippen MR) is 140 cm³/mol. The van der Waals surface area contributed by atoms with Crippen LogP contribution in [0, 0.1) is 0 Å². The van der Waals surface area contributed by atoms with E-state index in [1.54, 1.807) is 31.2 Å². The number of carbonyl (C=O) groups excluding carboxylic acids is 1. The number of benzene rings is 2. The Morgan fingerprint density at radius 2 is 1.90 bits per heavy atom. The van der Waals surface area contributed by atoms with Crippen molar-refractivity contribution in [3.8, 4) is 0 Å². The molecule has 0 aliphatic carbocycles. The maximum Gasteiger partial charge on any atom is 0.420 e. The van der Waals surface area contributed by atoms with Crippen molar-refractivity contribution in [2.45, 2.75) is 19.1 Å². The molecule has 1 aliphatic rings. The highest BCUT2D eigenvalue weighted by molar-refractivity contribution is 6.31. The van der Waals surface area contributed by atoms with Crippen LogP contribution in [-0.2, 0) is 11.0 Å². The Kier molecular flexibility index (Phi) is 6.90. The van der Waals surface area contributed by atoms with Gasteiger partial charge in [0.1, 0.15) is 22.9 Å². The minimum Gasteiger partial charge on any atom is -0.478 e. The van der Waals surface area contributed by atoms with Crippen molar-refractivity contribution in [2.24, 2.45) is 4.99 Å². The zero-order valence-corrected chi connectivity index (χ0v) is 21.1. The molecule has 0 saturated heterocycles. The summed E-state index contributed by atoms with van der Waals surface area (Å²) >= 11 is 6.43. The third-order valence-electron chi connectivity index (χ3n) is 5.88. The highest BCUT2D eigenvalue weighted by atomic mass is 35.5. The number of allylic oxidation sites excluding steroid dienone is 1. The lowest BCUT2D eigenvalue weighted by Crippen LogP contribution is -2.37. The summed E-state index contributed by atoms with van der Waals surface area (Å²) in [7, 11) is 0. The van der Waals surface area contributed by atoms with Crippen molar-refractivity contribution in [1.29, 1.82) is 0 Å². The zero-order chi connectivity index (χ0) is 28.6. The van der Waals surface area contributed by atoms with Crippen LogP contribution < -0.4 is 16.0 Å². The predicted octanol–water partition coefficient (Wildman–Crippen LogP) is 5.62. The Bertz CT molecular complexity index is 1720. The Hall–Kier alpha value is -4.91. The number of hydrogen-bond donors (Lipinski definition) is 4. The third-order valence-corrected chi connectivity index (χ3v) is 6.22. The summed E-state index contributed by atoms with van der Waals surface area (Å²) in [6, 6.07) is 11.4. The fraction of sp³-hybridized carbons (Fsp3) is 0.115. The number of aromatic carboxylic acids is 1. The number of rotatable bonds is 5. The number of hydrogen-bond acceptors (Lipinski definition) is 8. The van der Waals surface area contributed by atoms with Gasteiger partial charge in [-0.2, -0.15) is 18.2 Å². The Labute approximate surface area is 228 Å². The van der Waals surface area contributed by atoms with Crippen molar-refractivity contribution in [1.82, 2.24) is 15.3 Å². The molecule has 1 atom stereocenters. The second kappa shape index (κ2) is 10.3. The number of guanidine groups is 1. The van der Waals surface area contributed by atoms with E-state index in [-0.39, 0.29) is 34.4 Å². The number of fused-ring (bicyclic) bond motifs is 1. The van der Waals surface area contributed by atoms with Crippen molar-refractivity contribution in [2.75, 3.05) is 10.6 Å². The molecule has 0 bridgehead atoms. The number of alkyl halides is 3. The topological polar surface area (TPSA) is 142 Å². The van der Waals surface area contributed by atoms with Crippen LogP contribution in [0.1, 0.15) is 34.5 Å². The SMILES string of the molecule is CC1=C(C(=O)Nc2cc(C(=O)O)ccn2)C(c2ccccc2Cl)N=C(Nc2nc3cccc(C(F)(F)F)c3o2)N1. The van der Waals surface area contributed by atoms with E-state index in [4.69, 9.17) is 16.0 Å². The lowest BCUT2D eigenvalue weighted by molar-refractivity contribution is -0.136. The first kappa shape index (κ1) is 26.7. The molecule has 1 aliphatic heterocycles. The standard InChI is InChI=1S/C26H18ClF3N6O4/c1-12-19(22(37)34-18-11-13(23(38)39)9-10-31-18)20(14-5-2-3-7-16(14)27)35-24(32-12)36-25-33-17-8-4-6-15(21(17)40-25)26(28,29)30/h2-11,20H,1H3,(H,38,39)(H,31,34,37)(H2,32,33,35,36). The van der Waals surface area contributed by atoms with Crippen molar-refractivity contribution < 1.29 is 32.3 Å². The number of nitrogens with one attached hydrogen (secondary N) is 3. The van der Waals surface area contributed by atoms with Crippen molar-refractivity contribution in [3.63, 3.8) is 0 Å². The summed E-state index contributed by atoms with van der Waals surface area (Å²) in [4.78, 5) is 37.3. The minimum atomic E-state index is -4.65. The summed E-state index contributed by atoms with van der Waals surface area (Å²) in [6.45, 7) is 1.59. The molecular formula is C26H18ClF3N6O4. The van der Waals surface area contributed by atoms with Crippen LogP contribution in [0.4, 0.5) is 25.0 Å². The molecule has 4 N–H and O–H groups in total. The molecule has 14 heteroatoms. The molecule has 10 nitrogen and oxygen atoms in total. The van der Waals surface area contributed by atoms with Gasteiger partial charge in [0.05, 0.1) is 11.1 Å². The highest BCUT2D eigenvalue weighted by Gasteiger charge is 2.35. The van der Waals surface area contributed by atoms with Gasteiger partial charge in [0.25, 0.3) is 5.91 Å². The highest BCUT2D eigenvalue weighted by Crippen LogP contribution is 2.37. The lowest BCUT2D eigenvalue weighted by Gasteiger charge is -2.26. The molecule has 0 saturated carbocycles. The Balaban J connectivity index is 1.49. The van der Waals surface area contributed by atoms with Gasteiger partial charge in [-0.05, 0) is 37.3 Å². The number of pyridine rings is 1. The van der Waals surface area contributed by atoms with E-state index in [9.17, 15) is 27.9 Å². The van der Waals surface area contributed by atoms with Gasteiger partial charge in [0.2, 0.25) is 5.96 Å². The second-order valence-electron chi connectivity index (χ2n) is 8.55. The van der Waals surface area contributed by atoms with Gasteiger partial charge in [-0.1, -0.05) is 35.9 Å². The molecule has 0 radical (unpaired) electrons. The Morgan fingerprint density at radius 3 is 2.62 bits per heavy atom. The molecule has 2 aromatic heterocycles. The molecule has 1 amide bonds. The number of para-hydroxylation sites is 1. The molecule has 4 aromatic rings. The number of aliphatic imine (C=N–C) groups is 1. The van der Waals surface area contributed by atoms with E-state index in [1.807, 2.05) is 0 Å². The first-order valence-corrected chi connectivity index (χ1v) is 11.9. The van der Waals surface area contributed by atoms with Gasteiger partial charge < -0.3 is 20.2 Å². The monoisotopic (exact) mass is 570 g/mol. The second-order valence-corrected chi connectivity index (χ2v) is 8.96. The number of amides is 1. The van der Waals surface area contributed by atoms with Gasteiger partial charge >= 0.3 is 18.2 Å². The maximum atomic E-state index is 13.4. The maximum absolute atomic E-state index is 13.4. The number of aromatic nitrogens is 2. The average Bonchev–Trinajstić information content (AvgIpc) is 3.30. The van der Waals surface area contributed by atoms with Crippen LogP contribution in [0.2, 0.25) is 5.02 Å². The number of anilines is 2. The first-order valence-electron chi connectivity index (χ1n) is 11.6. The van der Waals surface area contributed by atoms with Crippen molar-refractivity contribution >= 4 is 52.4 Å². The Morgan fingerprint density at radius 1 is 1.12 bits per heavy atom. The summed E-state index contributed by atoms with van der Waals surface area (Å²) in [5.74, 6) is -1.79. The minimum absolute atomic E-state index is 0.00274. The fourth-order valence-corrected chi connectivity index (χ4v) is 4.34. The smallest absolute Gasteiger partial charge is 0.420 e. The quantitative estimate of drug-likeness (QED) is 0.242. The number of carboxylic acid groups (broad SMARTS) is 1. The summed E-state index contributed by atoms with van der Waals surface area (Å²) in [6.07, 6.45) is -3.40. The molecular weight excluding hydrogens is 553 g/mol. The molecule has 1 unspecified atom stereocenters. The molecule has 204 valence electrons. The molecule has 5 rings (SSSR count). The van der Waals surface area contributed by atoms with E-state index in [2.05, 4.69) is 30.9 Å².